The van der Waals surface area contributed by atoms with Crippen molar-refractivity contribution in [2.45, 2.75) is 37.7 Å². The Morgan fingerprint density at radius 3 is 2.53 bits per heavy atom. The SMILES string of the molecule is CC1=Cc2ccc(CC(C)(C)O)cc2S1(=O)=O. The van der Waals surface area contributed by atoms with E-state index in [2.05, 4.69) is 0 Å². The molecule has 3 nitrogen and oxygen atoms in total. The molecule has 0 amide bonds. The van der Waals surface area contributed by atoms with Gasteiger partial charge >= 0.3 is 0 Å². The summed E-state index contributed by atoms with van der Waals surface area (Å²) in [7, 11) is -3.28. The summed E-state index contributed by atoms with van der Waals surface area (Å²) in [4.78, 5) is 0.740. The zero-order valence-corrected chi connectivity index (χ0v) is 11.0. The van der Waals surface area contributed by atoms with Crippen molar-refractivity contribution < 1.29 is 13.5 Å². The van der Waals surface area contributed by atoms with Gasteiger partial charge in [-0.25, -0.2) is 8.42 Å². The molecule has 0 unspecified atom stereocenters. The Balaban J connectivity index is 2.46. The topological polar surface area (TPSA) is 54.4 Å². The molecule has 1 aromatic rings. The minimum atomic E-state index is -3.28. The summed E-state index contributed by atoms with van der Waals surface area (Å²) in [6.07, 6.45) is 2.12. The number of allylic oxidation sites excluding steroid dienone is 1. The van der Waals surface area contributed by atoms with Crippen molar-refractivity contribution in [1.82, 2.24) is 0 Å². The smallest absolute Gasteiger partial charge is 0.203 e. The van der Waals surface area contributed by atoms with Crippen molar-refractivity contribution in [3.8, 4) is 0 Å². The number of sulfone groups is 1. The summed E-state index contributed by atoms with van der Waals surface area (Å²) in [5.74, 6) is 0. The van der Waals surface area contributed by atoms with E-state index in [1.165, 1.54) is 0 Å². The van der Waals surface area contributed by atoms with Crippen LogP contribution in [0.25, 0.3) is 6.08 Å². The third-order valence-electron chi connectivity index (χ3n) is 2.79. The Morgan fingerprint density at radius 2 is 1.94 bits per heavy atom. The number of aliphatic hydroxyl groups is 1. The summed E-state index contributed by atoms with van der Waals surface area (Å²) in [6.45, 7) is 5.02. The fraction of sp³-hybridized carbons (Fsp3) is 0.385. The van der Waals surface area contributed by atoms with Crippen LogP contribution in [0.15, 0.2) is 28.0 Å². The molecule has 0 spiro atoms. The minimum absolute atomic E-state index is 0.358. The molecule has 17 heavy (non-hydrogen) atoms. The predicted octanol–water partition coefficient (Wildman–Crippen LogP) is 2.15. The average Bonchev–Trinajstić information content (AvgIpc) is 2.37. The molecular weight excluding hydrogens is 236 g/mol. The average molecular weight is 252 g/mol. The van der Waals surface area contributed by atoms with E-state index in [0.29, 0.717) is 16.2 Å². The Hall–Kier alpha value is -1.13. The molecule has 92 valence electrons. The fourth-order valence-electron chi connectivity index (χ4n) is 2.01. The van der Waals surface area contributed by atoms with E-state index in [1.807, 2.05) is 6.07 Å². The normalized spacial score (nSPS) is 17.8. The van der Waals surface area contributed by atoms with Crippen LogP contribution in [0.2, 0.25) is 0 Å². The lowest BCUT2D eigenvalue weighted by Crippen LogP contribution is -2.21. The Bertz CT molecular complexity index is 590. The Kier molecular flexibility index (Phi) is 2.67. The van der Waals surface area contributed by atoms with Gasteiger partial charge in [0, 0.05) is 11.3 Å². The summed E-state index contributed by atoms with van der Waals surface area (Å²) < 4.78 is 23.9. The van der Waals surface area contributed by atoms with Crippen LogP contribution in [0.3, 0.4) is 0 Å². The van der Waals surface area contributed by atoms with E-state index in [1.54, 1.807) is 39.0 Å². The molecule has 0 atom stereocenters. The second-order valence-corrected chi connectivity index (χ2v) is 7.21. The molecule has 0 saturated heterocycles. The van der Waals surface area contributed by atoms with Gasteiger partial charge in [-0.05, 0) is 44.0 Å². The van der Waals surface area contributed by atoms with Crippen LogP contribution >= 0.6 is 0 Å². The van der Waals surface area contributed by atoms with Crippen LogP contribution in [0.5, 0.6) is 0 Å². The van der Waals surface area contributed by atoms with Crippen LogP contribution in [0, 0.1) is 0 Å². The lowest BCUT2D eigenvalue weighted by Gasteiger charge is -2.17. The first-order chi connectivity index (χ1) is 7.70. The number of fused-ring (bicyclic) bond motifs is 1. The van der Waals surface area contributed by atoms with E-state index in [4.69, 9.17) is 0 Å². The highest BCUT2D eigenvalue weighted by Crippen LogP contribution is 2.33. The first-order valence-electron chi connectivity index (χ1n) is 5.49. The zero-order chi connectivity index (χ0) is 12.8. The van der Waals surface area contributed by atoms with Crippen molar-refractivity contribution in [2.24, 2.45) is 0 Å². The third-order valence-corrected chi connectivity index (χ3v) is 4.69. The van der Waals surface area contributed by atoms with Crippen LogP contribution in [-0.4, -0.2) is 19.1 Å². The molecule has 1 aromatic carbocycles. The van der Waals surface area contributed by atoms with E-state index in [-0.39, 0.29) is 0 Å². The summed E-state index contributed by atoms with van der Waals surface area (Å²) in [6, 6.07) is 5.32. The van der Waals surface area contributed by atoms with E-state index in [9.17, 15) is 13.5 Å². The first-order valence-corrected chi connectivity index (χ1v) is 6.97. The van der Waals surface area contributed by atoms with Crippen LogP contribution in [0.4, 0.5) is 0 Å². The molecule has 4 heteroatoms. The van der Waals surface area contributed by atoms with Gasteiger partial charge in [0.05, 0.1) is 10.5 Å². The molecule has 1 N–H and O–H groups in total. The maximum atomic E-state index is 12.0. The standard InChI is InChI=1S/C13H16O3S/c1-9-6-11-5-4-10(8-13(2,3)14)7-12(11)17(9,15)16/h4-7,14H,8H2,1-3H3. The van der Waals surface area contributed by atoms with Gasteiger partial charge in [-0.3, -0.25) is 0 Å². The highest BCUT2D eigenvalue weighted by atomic mass is 32.2. The van der Waals surface area contributed by atoms with Crippen molar-refractivity contribution in [1.29, 1.82) is 0 Å². The van der Waals surface area contributed by atoms with Gasteiger partial charge in [0.2, 0.25) is 9.84 Å². The fourth-order valence-corrected chi connectivity index (χ4v) is 3.38. The highest BCUT2D eigenvalue weighted by molar-refractivity contribution is 7.95. The molecular formula is C13H16O3S. The van der Waals surface area contributed by atoms with Crippen molar-refractivity contribution in [3.63, 3.8) is 0 Å². The van der Waals surface area contributed by atoms with Crippen LogP contribution in [0.1, 0.15) is 31.9 Å². The number of hydrogen-bond acceptors (Lipinski definition) is 3. The third kappa shape index (κ3) is 2.28. The zero-order valence-electron chi connectivity index (χ0n) is 10.2. The number of rotatable bonds is 2. The van der Waals surface area contributed by atoms with E-state index in [0.717, 1.165) is 11.1 Å². The Labute approximate surface area is 102 Å². The maximum Gasteiger partial charge on any atom is 0.203 e. The highest BCUT2D eigenvalue weighted by Gasteiger charge is 2.27. The largest absolute Gasteiger partial charge is 0.390 e. The van der Waals surface area contributed by atoms with Gasteiger partial charge in [0.1, 0.15) is 0 Å². The molecule has 0 aromatic heterocycles. The van der Waals surface area contributed by atoms with Crippen molar-refractivity contribution in [2.75, 3.05) is 0 Å². The van der Waals surface area contributed by atoms with Gasteiger partial charge in [-0.1, -0.05) is 12.1 Å². The minimum Gasteiger partial charge on any atom is -0.390 e. The second kappa shape index (κ2) is 3.68. The molecule has 1 aliphatic rings. The van der Waals surface area contributed by atoms with Gasteiger partial charge in [0.15, 0.2) is 0 Å². The predicted molar refractivity (Wildman–Crippen MR) is 67.3 cm³/mol. The number of hydrogen-bond donors (Lipinski definition) is 1. The molecule has 0 aliphatic carbocycles. The van der Waals surface area contributed by atoms with Crippen LogP contribution in [-0.2, 0) is 16.3 Å². The summed E-state index contributed by atoms with van der Waals surface area (Å²) >= 11 is 0. The maximum absolute atomic E-state index is 12.0. The first kappa shape index (κ1) is 12.3. The lowest BCUT2D eigenvalue weighted by molar-refractivity contribution is 0.0809. The molecule has 1 heterocycles. The molecule has 0 saturated carbocycles. The molecule has 0 radical (unpaired) electrons. The quantitative estimate of drug-likeness (QED) is 0.877. The second-order valence-electron chi connectivity index (χ2n) is 5.12. The van der Waals surface area contributed by atoms with Gasteiger partial charge in [-0.2, -0.15) is 0 Å². The molecule has 1 aliphatic heterocycles. The Morgan fingerprint density at radius 1 is 1.29 bits per heavy atom. The van der Waals surface area contributed by atoms with Crippen molar-refractivity contribution >= 4 is 15.9 Å². The van der Waals surface area contributed by atoms with Crippen molar-refractivity contribution in [3.05, 3.63) is 34.2 Å². The molecule has 0 bridgehead atoms. The van der Waals surface area contributed by atoms with Crippen LogP contribution < -0.4 is 0 Å². The monoisotopic (exact) mass is 252 g/mol. The van der Waals surface area contributed by atoms with Gasteiger partial charge < -0.3 is 5.11 Å². The lowest BCUT2D eigenvalue weighted by atomic mass is 9.98. The van der Waals surface area contributed by atoms with Gasteiger partial charge in [-0.15, -0.1) is 0 Å². The van der Waals surface area contributed by atoms with E-state index >= 15 is 0 Å². The summed E-state index contributed by atoms with van der Waals surface area (Å²) in [5.41, 5.74) is 0.740. The number of benzene rings is 1. The molecule has 0 fully saturated rings. The summed E-state index contributed by atoms with van der Waals surface area (Å²) in [5, 5.41) is 9.74. The van der Waals surface area contributed by atoms with E-state index < -0.39 is 15.4 Å². The molecule has 2 rings (SSSR count). The van der Waals surface area contributed by atoms with Gasteiger partial charge in [0.25, 0.3) is 0 Å².